The van der Waals surface area contributed by atoms with Crippen molar-refractivity contribution in [2.75, 3.05) is 19.7 Å². The van der Waals surface area contributed by atoms with E-state index in [1.807, 2.05) is 12.1 Å². The highest BCUT2D eigenvalue weighted by Crippen LogP contribution is 2.33. The Kier molecular flexibility index (Phi) is 4.82. The lowest BCUT2D eigenvalue weighted by Crippen LogP contribution is -2.21. The van der Waals surface area contributed by atoms with E-state index >= 15 is 4.39 Å². The van der Waals surface area contributed by atoms with Crippen LogP contribution in [0.1, 0.15) is 35.7 Å². The molecule has 0 amide bonds. The summed E-state index contributed by atoms with van der Waals surface area (Å²) >= 11 is 0. The van der Waals surface area contributed by atoms with Crippen LogP contribution in [0.25, 0.3) is 16.6 Å². The molecular formula is C22H20F2N6O. The predicted octanol–water partition coefficient (Wildman–Crippen LogP) is 3.08. The quantitative estimate of drug-likeness (QED) is 0.535. The molecule has 31 heavy (non-hydrogen) atoms. The number of rotatable bonds is 5. The summed E-state index contributed by atoms with van der Waals surface area (Å²) in [5.41, 5.74) is 2.19. The minimum absolute atomic E-state index is 0.0259. The van der Waals surface area contributed by atoms with Gasteiger partial charge in [-0.05, 0) is 24.3 Å². The zero-order valence-corrected chi connectivity index (χ0v) is 16.8. The Labute approximate surface area is 176 Å². The molecule has 9 heteroatoms. The van der Waals surface area contributed by atoms with Crippen molar-refractivity contribution in [2.45, 2.75) is 18.8 Å². The second-order valence-corrected chi connectivity index (χ2v) is 7.60. The van der Waals surface area contributed by atoms with Gasteiger partial charge in [0, 0.05) is 41.9 Å². The van der Waals surface area contributed by atoms with Gasteiger partial charge in [0.25, 0.3) is 0 Å². The number of aromatic nitrogens is 4. The Hall–Kier alpha value is -3.46. The lowest BCUT2D eigenvalue weighted by Gasteiger charge is -2.16. The van der Waals surface area contributed by atoms with Crippen LogP contribution in [0.5, 0.6) is 0 Å². The number of hydrogen-bond donors (Lipinski definition) is 1. The van der Waals surface area contributed by atoms with Crippen molar-refractivity contribution in [3.63, 3.8) is 0 Å². The maximum Gasteiger partial charge on any atom is 0.153 e. The molecule has 0 bridgehead atoms. The molecule has 0 fully saturated rings. The molecule has 4 heterocycles. The van der Waals surface area contributed by atoms with Crippen LogP contribution in [0.15, 0.2) is 47.8 Å². The number of hydrazone groups is 1. The second-order valence-electron chi connectivity index (χ2n) is 7.60. The van der Waals surface area contributed by atoms with Crippen molar-refractivity contribution < 1.29 is 13.9 Å². The Morgan fingerprint density at radius 3 is 2.94 bits per heavy atom. The van der Waals surface area contributed by atoms with Crippen LogP contribution in [-0.4, -0.2) is 55.6 Å². The van der Waals surface area contributed by atoms with Gasteiger partial charge in [-0.3, -0.25) is 9.99 Å². The SMILES string of the molecule is C[C@@H](c1c(F)cc2ncccc2c1F)c1cnc2ccc(C3C=NN(CCO)C3)nn12. The van der Waals surface area contributed by atoms with E-state index in [2.05, 4.69) is 15.1 Å². The van der Waals surface area contributed by atoms with Gasteiger partial charge < -0.3 is 5.11 Å². The molecule has 7 nitrogen and oxygen atoms in total. The van der Waals surface area contributed by atoms with Gasteiger partial charge in [-0.1, -0.05) is 6.92 Å². The number of hydrogen-bond acceptors (Lipinski definition) is 6. The summed E-state index contributed by atoms with van der Waals surface area (Å²) in [5.74, 6) is -1.93. The van der Waals surface area contributed by atoms with Crippen molar-refractivity contribution in [1.82, 2.24) is 24.6 Å². The van der Waals surface area contributed by atoms with Gasteiger partial charge in [0.2, 0.25) is 0 Å². The third kappa shape index (κ3) is 3.31. The average molecular weight is 422 g/mol. The normalized spacial score (nSPS) is 17.2. The molecule has 2 atom stereocenters. The highest BCUT2D eigenvalue weighted by Gasteiger charge is 2.25. The molecule has 1 aliphatic rings. The minimum Gasteiger partial charge on any atom is -0.394 e. The molecule has 1 aliphatic heterocycles. The number of β-amino-alcohol motifs (C(OH)–C–C–N with tert-alkyl or cyclic N) is 1. The van der Waals surface area contributed by atoms with Gasteiger partial charge in [0.05, 0.1) is 42.2 Å². The number of pyridine rings is 1. The van der Waals surface area contributed by atoms with E-state index in [-0.39, 0.29) is 29.0 Å². The van der Waals surface area contributed by atoms with Gasteiger partial charge in [-0.2, -0.15) is 10.2 Å². The van der Waals surface area contributed by atoms with E-state index in [4.69, 9.17) is 10.2 Å². The van der Waals surface area contributed by atoms with E-state index in [0.717, 1.165) is 5.69 Å². The van der Waals surface area contributed by atoms with Gasteiger partial charge in [0.1, 0.15) is 11.6 Å². The monoisotopic (exact) mass is 422 g/mol. The first-order chi connectivity index (χ1) is 15.1. The fraction of sp³-hybridized carbons (Fsp3) is 0.273. The van der Waals surface area contributed by atoms with Gasteiger partial charge in [-0.25, -0.2) is 18.3 Å². The standard InChI is InChI=1S/C22H20F2N6O/c1-13(21-16(23)9-18-15(22(21)24)3-2-6-25-18)19-11-26-20-5-4-17(28-30(19)20)14-10-27-29(12-14)7-8-31/h2-6,9-11,13-14,31H,7-8,12H2,1H3/t13-,14?/m1/s1. The number of fused-ring (bicyclic) bond motifs is 2. The minimum atomic E-state index is -0.648. The lowest BCUT2D eigenvalue weighted by atomic mass is 9.95. The summed E-state index contributed by atoms with van der Waals surface area (Å²) in [6, 6.07) is 8.19. The number of imidazole rings is 1. The molecule has 0 saturated carbocycles. The van der Waals surface area contributed by atoms with E-state index in [9.17, 15) is 4.39 Å². The van der Waals surface area contributed by atoms with Crippen molar-refractivity contribution in [3.8, 4) is 0 Å². The zero-order valence-electron chi connectivity index (χ0n) is 16.8. The summed E-state index contributed by atoms with van der Waals surface area (Å²) in [4.78, 5) is 8.41. The lowest BCUT2D eigenvalue weighted by molar-refractivity contribution is 0.210. The second kappa shape index (κ2) is 7.66. The molecule has 1 N–H and O–H groups in total. The van der Waals surface area contributed by atoms with Crippen molar-refractivity contribution in [1.29, 1.82) is 0 Å². The number of benzene rings is 1. The van der Waals surface area contributed by atoms with Crippen molar-refractivity contribution in [2.24, 2.45) is 5.10 Å². The molecule has 5 rings (SSSR count). The molecule has 0 spiro atoms. The summed E-state index contributed by atoms with van der Waals surface area (Å²) < 4.78 is 31.8. The average Bonchev–Trinajstić information content (AvgIpc) is 3.40. The smallest absolute Gasteiger partial charge is 0.153 e. The molecule has 3 aromatic heterocycles. The fourth-order valence-electron chi connectivity index (χ4n) is 4.04. The van der Waals surface area contributed by atoms with Gasteiger partial charge in [0.15, 0.2) is 5.65 Å². The van der Waals surface area contributed by atoms with E-state index in [0.29, 0.717) is 24.4 Å². The maximum absolute atomic E-state index is 15.2. The number of aliphatic hydroxyl groups excluding tert-OH is 1. The van der Waals surface area contributed by atoms with Gasteiger partial charge >= 0.3 is 0 Å². The molecule has 1 aromatic carbocycles. The summed E-state index contributed by atoms with van der Waals surface area (Å²) in [7, 11) is 0. The molecule has 1 unspecified atom stereocenters. The predicted molar refractivity (Wildman–Crippen MR) is 112 cm³/mol. The summed E-state index contributed by atoms with van der Waals surface area (Å²) in [5, 5.41) is 20.1. The largest absolute Gasteiger partial charge is 0.394 e. The van der Waals surface area contributed by atoms with E-state index < -0.39 is 17.6 Å². The molecule has 0 aliphatic carbocycles. The third-order valence-corrected chi connectivity index (χ3v) is 5.67. The molecule has 158 valence electrons. The van der Waals surface area contributed by atoms with Crippen LogP contribution in [-0.2, 0) is 0 Å². The Morgan fingerprint density at radius 1 is 1.23 bits per heavy atom. The van der Waals surface area contributed by atoms with E-state index in [1.54, 1.807) is 41.0 Å². The van der Waals surface area contributed by atoms with Crippen LogP contribution < -0.4 is 0 Å². The van der Waals surface area contributed by atoms with E-state index in [1.165, 1.54) is 12.3 Å². The fourth-order valence-corrected chi connectivity index (χ4v) is 4.04. The Morgan fingerprint density at radius 2 is 2.10 bits per heavy atom. The zero-order chi connectivity index (χ0) is 21.5. The maximum atomic E-state index is 15.2. The molecular weight excluding hydrogens is 402 g/mol. The summed E-state index contributed by atoms with van der Waals surface area (Å²) in [6.45, 7) is 2.83. The first-order valence-corrected chi connectivity index (χ1v) is 10.0. The third-order valence-electron chi connectivity index (χ3n) is 5.67. The highest BCUT2D eigenvalue weighted by atomic mass is 19.1. The van der Waals surface area contributed by atoms with Crippen LogP contribution >= 0.6 is 0 Å². The van der Waals surface area contributed by atoms with Crippen LogP contribution in [0.4, 0.5) is 8.78 Å². The van der Waals surface area contributed by atoms with Crippen molar-refractivity contribution in [3.05, 3.63) is 71.3 Å². The Balaban J connectivity index is 1.55. The molecule has 4 aromatic rings. The number of aliphatic hydroxyl groups is 1. The Bertz CT molecular complexity index is 1300. The highest BCUT2D eigenvalue weighted by molar-refractivity contribution is 5.80. The summed E-state index contributed by atoms with van der Waals surface area (Å²) in [6.07, 6.45) is 4.90. The van der Waals surface area contributed by atoms with Gasteiger partial charge in [-0.15, -0.1) is 0 Å². The van der Waals surface area contributed by atoms with Crippen LogP contribution in [0.3, 0.4) is 0 Å². The number of nitrogens with zero attached hydrogens (tertiary/aromatic N) is 6. The molecule has 0 radical (unpaired) electrons. The molecule has 0 saturated heterocycles. The van der Waals surface area contributed by atoms with Crippen LogP contribution in [0.2, 0.25) is 0 Å². The first-order valence-electron chi connectivity index (χ1n) is 10.0. The van der Waals surface area contributed by atoms with Crippen molar-refractivity contribution >= 4 is 22.8 Å². The first kappa shape index (κ1) is 19.5. The van der Waals surface area contributed by atoms with Crippen LogP contribution in [0, 0.1) is 11.6 Å². The number of halogens is 2. The topological polar surface area (TPSA) is 78.9 Å².